The van der Waals surface area contributed by atoms with Crippen LogP contribution in [0.2, 0.25) is 5.02 Å². The molecule has 1 aromatic heterocycles. The number of rotatable bonds is 6. The standard InChI is InChI=1S/C22H17ClN2O4/c1-15-7-9-19(20(23)12-15)22(27)25-24-14-16-4-2-5-18(13-16)29-21(26)10-8-17-6-3-11-28-17/h2-14H,1H3,(H,25,27)/b10-8+,24-14+. The number of aryl methyl sites for hydroxylation is 1. The molecule has 0 saturated heterocycles. The largest absolute Gasteiger partial charge is 0.465 e. The van der Waals surface area contributed by atoms with Crippen LogP contribution in [0.15, 0.2) is 76.5 Å². The summed E-state index contributed by atoms with van der Waals surface area (Å²) in [6.07, 6.45) is 5.74. The maximum absolute atomic E-state index is 12.2. The minimum Gasteiger partial charge on any atom is -0.465 e. The fourth-order valence-electron chi connectivity index (χ4n) is 2.37. The van der Waals surface area contributed by atoms with E-state index in [0.29, 0.717) is 27.7 Å². The molecule has 0 bridgehead atoms. The van der Waals surface area contributed by atoms with Crippen LogP contribution in [0, 0.1) is 6.92 Å². The summed E-state index contributed by atoms with van der Waals surface area (Å²) < 4.78 is 10.4. The molecule has 7 heteroatoms. The summed E-state index contributed by atoms with van der Waals surface area (Å²) in [4.78, 5) is 24.0. The van der Waals surface area contributed by atoms with Crippen LogP contribution in [0.5, 0.6) is 5.75 Å². The summed E-state index contributed by atoms with van der Waals surface area (Å²) in [5, 5.41) is 4.28. The number of esters is 1. The molecule has 0 radical (unpaired) electrons. The number of hydrazone groups is 1. The minimum absolute atomic E-state index is 0.334. The van der Waals surface area contributed by atoms with Crippen LogP contribution in [0.4, 0.5) is 0 Å². The molecule has 0 aliphatic heterocycles. The Kier molecular flexibility index (Phi) is 6.60. The highest BCUT2D eigenvalue weighted by molar-refractivity contribution is 6.33. The summed E-state index contributed by atoms with van der Waals surface area (Å²) in [6.45, 7) is 1.89. The monoisotopic (exact) mass is 408 g/mol. The molecule has 146 valence electrons. The van der Waals surface area contributed by atoms with Crippen LogP contribution in [-0.2, 0) is 4.79 Å². The summed E-state index contributed by atoms with van der Waals surface area (Å²) >= 11 is 6.08. The smallest absolute Gasteiger partial charge is 0.336 e. The number of furan rings is 1. The lowest BCUT2D eigenvalue weighted by atomic mass is 10.1. The number of ether oxygens (including phenoxy) is 1. The van der Waals surface area contributed by atoms with Crippen LogP contribution < -0.4 is 10.2 Å². The van der Waals surface area contributed by atoms with E-state index >= 15 is 0 Å². The number of carbonyl (C=O) groups excluding carboxylic acids is 2. The lowest BCUT2D eigenvalue weighted by molar-refractivity contribution is -0.128. The van der Waals surface area contributed by atoms with Gasteiger partial charge < -0.3 is 9.15 Å². The van der Waals surface area contributed by atoms with E-state index in [2.05, 4.69) is 10.5 Å². The van der Waals surface area contributed by atoms with E-state index in [0.717, 1.165) is 5.56 Å². The van der Waals surface area contributed by atoms with E-state index in [-0.39, 0.29) is 0 Å². The van der Waals surface area contributed by atoms with Crippen molar-refractivity contribution in [3.8, 4) is 5.75 Å². The van der Waals surface area contributed by atoms with Crippen molar-refractivity contribution in [1.82, 2.24) is 5.43 Å². The van der Waals surface area contributed by atoms with Gasteiger partial charge in [-0.15, -0.1) is 0 Å². The van der Waals surface area contributed by atoms with Crippen molar-refractivity contribution in [3.63, 3.8) is 0 Å². The van der Waals surface area contributed by atoms with Crippen molar-refractivity contribution in [2.45, 2.75) is 6.92 Å². The molecule has 3 rings (SSSR count). The number of carbonyl (C=O) groups is 2. The quantitative estimate of drug-likeness (QED) is 0.212. The zero-order valence-corrected chi connectivity index (χ0v) is 16.2. The maximum atomic E-state index is 12.2. The topological polar surface area (TPSA) is 80.9 Å². The lowest BCUT2D eigenvalue weighted by Crippen LogP contribution is -2.18. The Morgan fingerprint density at radius 2 is 2.00 bits per heavy atom. The first-order chi connectivity index (χ1) is 14.0. The van der Waals surface area contributed by atoms with Gasteiger partial charge in [-0.25, -0.2) is 10.2 Å². The fraction of sp³-hybridized carbons (Fsp3) is 0.0455. The Bertz CT molecular complexity index is 1070. The molecule has 29 heavy (non-hydrogen) atoms. The lowest BCUT2D eigenvalue weighted by Gasteiger charge is -2.04. The van der Waals surface area contributed by atoms with Crippen molar-refractivity contribution in [2.75, 3.05) is 0 Å². The highest BCUT2D eigenvalue weighted by Crippen LogP contribution is 2.17. The second-order valence-electron chi connectivity index (χ2n) is 6.02. The van der Waals surface area contributed by atoms with E-state index in [1.54, 1.807) is 54.6 Å². The third-order valence-corrected chi connectivity index (χ3v) is 4.07. The Balaban J connectivity index is 1.59. The molecule has 0 atom stereocenters. The fourth-order valence-corrected chi connectivity index (χ4v) is 2.70. The Morgan fingerprint density at radius 1 is 1.14 bits per heavy atom. The Labute approximate surface area is 172 Å². The molecular formula is C22H17ClN2O4. The van der Waals surface area contributed by atoms with Gasteiger partial charge in [0.25, 0.3) is 5.91 Å². The predicted octanol–water partition coefficient (Wildman–Crippen LogP) is 4.62. The van der Waals surface area contributed by atoms with E-state index in [9.17, 15) is 9.59 Å². The van der Waals surface area contributed by atoms with Gasteiger partial charge in [-0.2, -0.15) is 5.10 Å². The van der Waals surface area contributed by atoms with Gasteiger partial charge in [-0.1, -0.05) is 29.8 Å². The molecule has 0 saturated carbocycles. The number of hydrogen-bond acceptors (Lipinski definition) is 5. The van der Waals surface area contributed by atoms with Gasteiger partial charge in [0.1, 0.15) is 11.5 Å². The maximum Gasteiger partial charge on any atom is 0.336 e. The number of nitrogens with one attached hydrogen (secondary N) is 1. The molecule has 2 aromatic carbocycles. The third-order valence-electron chi connectivity index (χ3n) is 3.75. The van der Waals surface area contributed by atoms with Gasteiger partial charge in [0.15, 0.2) is 0 Å². The molecule has 0 unspecified atom stereocenters. The zero-order chi connectivity index (χ0) is 20.6. The molecule has 1 amide bonds. The molecule has 1 N–H and O–H groups in total. The number of halogens is 1. The normalized spacial score (nSPS) is 11.1. The number of hydrogen-bond donors (Lipinski definition) is 1. The number of amides is 1. The van der Waals surface area contributed by atoms with Gasteiger partial charge in [0.05, 0.1) is 23.1 Å². The molecule has 0 spiro atoms. The highest BCUT2D eigenvalue weighted by Gasteiger charge is 2.09. The summed E-state index contributed by atoms with van der Waals surface area (Å²) in [5.41, 5.74) is 4.35. The van der Waals surface area contributed by atoms with Crippen molar-refractivity contribution in [3.05, 3.63) is 94.4 Å². The number of benzene rings is 2. The van der Waals surface area contributed by atoms with Gasteiger partial charge in [-0.3, -0.25) is 4.79 Å². The SMILES string of the molecule is Cc1ccc(C(=O)N/N=C/c2cccc(OC(=O)/C=C/c3ccco3)c2)c(Cl)c1. The van der Waals surface area contributed by atoms with Crippen LogP contribution in [0.3, 0.4) is 0 Å². The van der Waals surface area contributed by atoms with Crippen LogP contribution in [0.1, 0.15) is 27.2 Å². The average molecular weight is 409 g/mol. The van der Waals surface area contributed by atoms with Gasteiger partial charge in [-0.05, 0) is 60.5 Å². The second-order valence-corrected chi connectivity index (χ2v) is 6.43. The molecule has 1 heterocycles. The minimum atomic E-state index is -0.544. The highest BCUT2D eigenvalue weighted by atomic mass is 35.5. The zero-order valence-electron chi connectivity index (χ0n) is 15.5. The van der Waals surface area contributed by atoms with Crippen LogP contribution in [0.25, 0.3) is 6.08 Å². The molecular weight excluding hydrogens is 392 g/mol. The van der Waals surface area contributed by atoms with Gasteiger partial charge in [0, 0.05) is 6.08 Å². The van der Waals surface area contributed by atoms with E-state index < -0.39 is 11.9 Å². The first kappa shape index (κ1) is 20.1. The van der Waals surface area contributed by atoms with Crippen molar-refractivity contribution >= 4 is 35.8 Å². The summed E-state index contributed by atoms with van der Waals surface area (Å²) in [6, 6.07) is 15.3. The van der Waals surface area contributed by atoms with Gasteiger partial charge >= 0.3 is 5.97 Å². The first-order valence-corrected chi connectivity index (χ1v) is 9.02. The molecule has 6 nitrogen and oxygen atoms in total. The summed E-state index contributed by atoms with van der Waals surface area (Å²) in [5.74, 6) is -0.0714. The van der Waals surface area contributed by atoms with Crippen molar-refractivity contribution < 1.29 is 18.7 Å². The van der Waals surface area contributed by atoms with E-state index in [1.165, 1.54) is 24.6 Å². The van der Waals surface area contributed by atoms with Crippen molar-refractivity contribution in [2.24, 2.45) is 5.10 Å². The third kappa shape index (κ3) is 5.92. The van der Waals surface area contributed by atoms with Crippen LogP contribution >= 0.6 is 11.6 Å². The first-order valence-electron chi connectivity index (χ1n) is 8.64. The van der Waals surface area contributed by atoms with Gasteiger partial charge in [0.2, 0.25) is 0 Å². The molecule has 0 aliphatic rings. The summed E-state index contributed by atoms with van der Waals surface area (Å²) in [7, 11) is 0. The molecule has 0 fully saturated rings. The second kappa shape index (κ2) is 9.52. The average Bonchev–Trinajstić information content (AvgIpc) is 3.20. The molecule has 3 aromatic rings. The number of nitrogens with zero attached hydrogens (tertiary/aromatic N) is 1. The van der Waals surface area contributed by atoms with E-state index in [4.69, 9.17) is 20.8 Å². The van der Waals surface area contributed by atoms with Crippen LogP contribution in [-0.4, -0.2) is 18.1 Å². The van der Waals surface area contributed by atoms with Crippen molar-refractivity contribution in [1.29, 1.82) is 0 Å². The predicted molar refractivity (Wildman–Crippen MR) is 111 cm³/mol. The Hall–Kier alpha value is -3.64. The molecule has 0 aliphatic carbocycles. The Morgan fingerprint density at radius 3 is 2.76 bits per heavy atom. The van der Waals surface area contributed by atoms with E-state index in [1.807, 2.05) is 6.92 Å².